The molecule has 8 nitrogen and oxygen atoms in total. The molecule has 0 saturated heterocycles. The third-order valence-electron chi connectivity index (χ3n) is 3.98. The molecule has 1 heterocycles. The number of rotatable bonds is 6. The summed E-state index contributed by atoms with van der Waals surface area (Å²) in [5, 5.41) is 16.9. The maximum absolute atomic E-state index is 12.1. The van der Waals surface area contributed by atoms with E-state index in [1.165, 1.54) is 18.2 Å². The molecule has 0 saturated carbocycles. The fourth-order valence-corrected chi connectivity index (χ4v) is 2.60. The van der Waals surface area contributed by atoms with E-state index < -0.39 is 16.7 Å². The van der Waals surface area contributed by atoms with Crippen molar-refractivity contribution in [1.82, 2.24) is 10.6 Å². The first kappa shape index (κ1) is 18.1. The van der Waals surface area contributed by atoms with Gasteiger partial charge in [-0.15, -0.1) is 0 Å². The van der Waals surface area contributed by atoms with E-state index in [4.69, 9.17) is 4.42 Å². The smallest absolute Gasteiger partial charge is 0.270 e. The largest absolute Gasteiger partial charge is 0.459 e. The van der Waals surface area contributed by atoms with Gasteiger partial charge >= 0.3 is 0 Å². The number of benzene rings is 2. The summed E-state index contributed by atoms with van der Waals surface area (Å²) < 4.78 is 5.70. The number of carbonyl (C=O) groups is 2. The van der Waals surface area contributed by atoms with Crippen LogP contribution < -0.4 is 10.6 Å². The highest BCUT2D eigenvalue weighted by Crippen LogP contribution is 2.23. The van der Waals surface area contributed by atoms with Crippen LogP contribution in [0.5, 0.6) is 0 Å². The maximum Gasteiger partial charge on any atom is 0.270 e. The van der Waals surface area contributed by atoms with Gasteiger partial charge in [0.1, 0.15) is 11.3 Å². The Bertz CT molecular complexity index is 978. The minimum Gasteiger partial charge on any atom is -0.459 e. The van der Waals surface area contributed by atoms with Gasteiger partial charge in [-0.05, 0) is 25.1 Å². The molecule has 0 bridgehead atoms. The highest BCUT2D eigenvalue weighted by Gasteiger charge is 2.16. The van der Waals surface area contributed by atoms with Gasteiger partial charge < -0.3 is 15.1 Å². The summed E-state index contributed by atoms with van der Waals surface area (Å²) in [7, 11) is 0. The van der Waals surface area contributed by atoms with Crippen LogP contribution in [0, 0.1) is 10.1 Å². The Labute approximate surface area is 154 Å². The molecule has 27 heavy (non-hydrogen) atoms. The number of para-hydroxylation sites is 1. The first-order valence-corrected chi connectivity index (χ1v) is 8.24. The summed E-state index contributed by atoms with van der Waals surface area (Å²) in [4.78, 5) is 34.3. The molecule has 0 fully saturated rings. The number of hydrogen-bond acceptors (Lipinski definition) is 5. The Morgan fingerprint density at radius 3 is 2.67 bits per heavy atom. The second kappa shape index (κ2) is 7.69. The van der Waals surface area contributed by atoms with Crippen molar-refractivity contribution in [3.63, 3.8) is 0 Å². The molecule has 138 valence electrons. The van der Waals surface area contributed by atoms with Crippen molar-refractivity contribution < 1.29 is 18.9 Å². The highest BCUT2D eigenvalue weighted by atomic mass is 16.6. The van der Waals surface area contributed by atoms with E-state index in [1.54, 1.807) is 6.92 Å². The first-order chi connectivity index (χ1) is 12.9. The Morgan fingerprint density at radius 1 is 1.15 bits per heavy atom. The van der Waals surface area contributed by atoms with Gasteiger partial charge in [0.25, 0.3) is 11.6 Å². The molecule has 3 aromatic rings. The van der Waals surface area contributed by atoms with Crippen molar-refractivity contribution in [3.8, 4) is 0 Å². The van der Waals surface area contributed by atoms with Crippen molar-refractivity contribution in [1.29, 1.82) is 0 Å². The maximum atomic E-state index is 12.1. The monoisotopic (exact) mass is 367 g/mol. The normalized spacial score (nSPS) is 11.7. The molecule has 0 aliphatic rings. The molecule has 3 rings (SSSR count). The number of nitro groups is 1. The molecular weight excluding hydrogens is 350 g/mol. The quantitative estimate of drug-likeness (QED) is 0.513. The van der Waals surface area contributed by atoms with E-state index in [2.05, 4.69) is 10.6 Å². The average molecular weight is 367 g/mol. The molecule has 1 aromatic heterocycles. The Morgan fingerprint density at radius 2 is 1.93 bits per heavy atom. The van der Waals surface area contributed by atoms with Crippen LogP contribution in [-0.4, -0.2) is 23.3 Å². The van der Waals surface area contributed by atoms with Gasteiger partial charge in [0.05, 0.1) is 17.5 Å². The molecule has 2 N–H and O–H groups in total. The zero-order valence-electron chi connectivity index (χ0n) is 14.5. The number of nitro benzene ring substituents is 1. The number of carbonyl (C=O) groups excluding carboxylic acids is 2. The molecule has 8 heteroatoms. The number of furan rings is 1. The summed E-state index contributed by atoms with van der Waals surface area (Å²) in [6, 6.07) is 14.3. The molecule has 2 aromatic carbocycles. The molecule has 2 amide bonds. The van der Waals surface area contributed by atoms with Gasteiger partial charge in [-0.25, -0.2) is 0 Å². The summed E-state index contributed by atoms with van der Waals surface area (Å²) in [6.07, 6.45) is 0. The van der Waals surface area contributed by atoms with Crippen molar-refractivity contribution in [2.45, 2.75) is 13.0 Å². The van der Waals surface area contributed by atoms with E-state index in [9.17, 15) is 19.7 Å². The van der Waals surface area contributed by atoms with Crippen molar-refractivity contribution in [3.05, 3.63) is 76.0 Å². The lowest BCUT2D eigenvalue weighted by Crippen LogP contribution is -2.37. The third kappa shape index (κ3) is 4.30. The fourth-order valence-electron chi connectivity index (χ4n) is 2.60. The van der Waals surface area contributed by atoms with Gasteiger partial charge in [-0.3, -0.25) is 19.7 Å². The third-order valence-corrected chi connectivity index (χ3v) is 3.98. The number of nitrogens with one attached hydrogen (secondary N) is 2. The van der Waals surface area contributed by atoms with Crippen molar-refractivity contribution in [2.24, 2.45) is 0 Å². The van der Waals surface area contributed by atoms with Gasteiger partial charge in [-0.1, -0.05) is 24.3 Å². The standard InChI is InChI=1S/C19H17N3O5/c1-12(17-10-13-5-2-3-8-16(13)27-17)21-18(23)11-20-19(24)14-6-4-7-15(9-14)22(25)26/h2-10,12H,11H2,1H3,(H,20,24)(H,21,23)/t12-/m0/s1. The lowest BCUT2D eigenvalue weighted by Gasteiger charge is -2.12. The Kier molecular flexibility index (Phi) is 5.16. The van der Waals surface area contributed by atoms with Crippen molar-refractivity contribution >= 4 is 28.5 Å². The van der Waals surface area contributed by atoms with Gasteiger partial charge in [0, 0.05) is 23.1 Å². The molecule has 1 atom stereocenters. The van der Waals surface area contributed by atoms with Crippen LogP contribution in [0.15, 0.2) is 59.0 Å². The van der Waals surface area contributed by atoms with Crippen LogP contribution in [0.3, 0.4) is 0 Å². The molecular formula is C19H17N3O5. The van der Waals surface area contributed by atoms with Gasteiger partial charge in [0.2, 0.25) is 5.91 Å². The molecule has 0 aliphatic heterocycles. The van der Waals surface area contributed by atoms with Crippen LogP contribution in [0.4, 0.5) is 5.69 Å². The minimum absolute atomic E-state index is 0.113. The number of non-ortho nitro benzene ring substituents is 1. The summed E-state index contributed by atoms with van der Waals surface area (Å²) in [5.41, 5.74) is 0.653. The van der Waals surface area contributed by atoms with E-state index in [-0.39, 0.29) is 23.8 Å². The molecule has 0 aliphatic carbocycles. The lowest BCUT2D eigenvalue weighted by molar-refractivity contribution is -0.384. The number of nitrogens with zero attached hydrogens (tertiary/aromatic N) is 1. The number of hydrogen-bond donors (Lipinski definition) is 2. The molecule has 0 unspecified atom stereocenters. The van der Waals surface area contributed by atoms with Crippen molar-refractivity contribution in [2.75, 3.05) is 6.54 Å². The second-order valence-corrected chi connectivity index (χ2v) is 5.97. The van der Waals surface area contributed by atoms with Crippen LogP contribution in [0.25, 0.3) is 11.0 Å². The van der Waals surface area contributed by atoms with Crippen LogP contribution in [0.1, 0.15) is 29.1 Å². The van der Waals surface area contributed by atoms with Gasteiger partial charge in [0.15, 0.2) is 0 Å². The second-order valence-electron chi connectivity index (χ2n) is 5.97. The van der Waals surface area contributed by atoms with E-state index >= 15 is 0 Å². The van der Waals surface area contributed by atoms with Crippen LogP contribution in [0.2, 0.25) is 0 Å². The SMILES string of the molecule is C[C@H](NC(=O)CNC(=O)c1cccc([N+](=O)[O-])c1)c1cc2ccccc2o1. The highest BCUT2D eigenvalue weighted by molar-refractivity contribution is 5.97. The van der Waals surface area contributed by atoms with Gasteiger partial charge in [-0.2, -0.15) is 0 Å². The molecule has 0 radical (unpaired) electrons. The predicted octanol–water partition coefficient (Wildman–Crippen LogP) is 2.95. The zero-order chi connectivity index (χ0) is 19.4. The Hall–Kier alpha value is -3.68. The average Bonchev–Trinajstić information content (AvgIpc) is 3.10. The topological polar surface area (TPSA) is 114 Å². The van der Waals surface area contributed by atoms with E-state index in [1.807, 2.05) is 30.3 Å². The minimum atomic E-state index is -0.585. The lowest BCUT2D eigenvalue weighted by atomic mass is 10.2. The zero-order valence-corrected chi connectivity index (χ0v) is 14.5. The number of fused-ring (bicyclic) bond motifs is 1. The summed E-state index contributed by atoms with van der Waals surface area (Å²) >= 11 is 0. The summed E-state index contributed by atoms with van der Waals surface area (Å²) in [6.45, 7) is 1.52. The predicted molar refractivity (Wildman–Crippen MR) is 98.2 cm³/mol. The molecule has 0 spiro atoms. The summed E-state index contributed by atoms with van der Waals surface area (Å²) in [5.74, 6) is -0.360. The van der Waals surface area contributed by atoms with E-state index in [0.29, 0.717) is 5.76 Å². The fraction of sp³-hybridized carbons (Fsp3) is 0.158. The number of amides is 2. The van der Waals surface area contributed by atoms with E-state index in [0.717, 1.165) is 17.0 Å². The van der Waals surface area contributed by atoms with Crippen LogP contribution in [-0.2, 0) is 4.79 Å². The first-order valence-electron chi connectivity index (χ1n) is 8.24. The Balaban J connectivity index is 1.56. The van der Waals surface area contributed by atoms with Crippen LogP contribution >= 0.6 is 0 Å².